The van der Waals surface area contributed by atoms with Crippen molar-refractivity contribution in [3.63, 3.8) is 0 Å². The number of rotatable bonds is 8. The van der Waals surface area contributed by atoms with Gasteiger partial charge in [0.1, 0.15) is 18.2 Å². The summed E-state index contributed by atoms with van der Waals surface area (Å²) in [5.74, 6) is 0.330. The van der Waals surface area contributed by atoms with Crippen LogP contribution in [0.2, 0.25) is 0 Å². The molecule has 0 radical (unpaired) electrons. The normalized spacial score (nSPS) is 15.9. The zero-order valence-corrected chi connectivity index (χ0v) is 14.6. The van der Waals surface area contributed by atoms with E-state index in [9.17, 15) is 4.57 Å². The number of aromatic nitrogens is 4. The van der Waals surface area contributed by atoms with Crippen molar-refractivity contribution >= 4 is 24.6 Å². The maximum atomic E-state index is 12.3. The van der Waals surface area contributed by atoms with Gasteiger partial charge in [-0.05, 0) is 20.8 Å². The minimum atomic E-state index is -3.25. The Morgan fingerprint density at radius 1 is 1.30 bits per heavy atom. The second-order valence-corrected chi connectivity index (χ2v) is 7.44. The third-order valence-corrected chi connectivity index (χ3v) is 4.81. The maximum Gasteiger partial charge on any atom is 0.356 e. The summed E-state index contributed by atoms with van der Waals surface area (Å²) in [5, 5.41) is 0. The Morgan fingerprint density at radius 2 is 2.04 bits per heavy atom. The van der Waals surface area contributed by atoms with Crippen LogP contribution in [0.15, 0.2) is 12.7 Å². The first kappa shape index (κ1) is 17.8. The standard InChI is InChI=1S/C13H22N5O4P/c1-9(2)22-23(19,20-4)8-21-10(3)5-18-7-17-11-12(14)15-6-16-13(11)18/h6-7,9-10H,5,8H2,1-4H3,(H2,14,15,16)/t10-,23?/m1/s1. The summed E-state index contributed by atoms with van der Waals surface area (Å²) >= 11 is 0. The summed E-state index contributed by atoms with van der Waals surface area (Å²) in [6.07, 6.45) is 2.43. The Morgan fingerprint density at radius 3 is 2.70 bits per heavy atom. The minimum Gasteiger partial charge on any atom is -0.382 e. The van der Waals surface area contributed by atoms with E-state index in [-0.39, 0.29) is 18.6 Å². The van der Waals surface area contributed by atoms with Gasteiger partial charge in [-0.25, -0.2) is 15.0 Å². The number of anilines is 1. The van der Waals surface area contributed by atoms with E-state index in [1.165, 1.54) is 13.4 Å². The largest absolute Gasteiger partial charge is 0.382 e. The lowest BCUT2D eigenvalue weighted by Crippen LogP contribution is -2.18. The highest BCUT2D eigenvalue weighted by atomic mass is 31.2. The lowest BCUT2D eigenvalue weighted by atomic mass is 10.4. The summed E-state index contributed by atoms with van der Waals surface area (Å²) in [4.78, 5) is 12.3. The quantitative estimate of drug-likeness (QED) is 0.724. The van der Waals surface area contributed by atoms with Crippen LogP contribution in [0.25, 0.3) is 11.2 Å². The van der Waals surface area contributed by atoms with Gasteiger partial charge in [-0.3, -0.25) is 4.57 Å². The highest BCUT2D eigenvalue weighted by Gasteiger charge is 2.26. The van der Waals surface area contributed by atoms with Gasteiger partial charge in [0.25, 0.3) is 0 Å². The lowest BCUT2D eigenvalue weighted by molar-refractivity contribution is 0.0644. The molecule has 0 bridgehead atoms. The predicted octanol–water partition coefficient (Wildman–Crippen LogP) is 2.04. The van der Waals surface area contributed by atoms with E-state index in [4.69, 9.17) is 19.5 Å². The fourth-order valence-electron chi connectivity index (χ4n) is 2.03. The molecular weight excluding hydrogens is 321 g/mol. The minimum absolute atomic E-state index is 0.118. The molecule has 0 aliphatic carbocycles. The number of nitrogens with zero attached hydrogens (tertiary/aromatic N) is 4. The topological polar surface area (TPSA) is 114 Å². The molecule has 0 aliphatic rings. The Labute approximate surface area is 134 Å². The summed E-state index contributed by atoms with van der Waals surface area (Å²) in [7, 11) is -1.90. The van der Waals surface area contributed by atoms with Gasteiger partial charge in [-0.1, -0.05) is 0 Å². The van der Waals surface area contributed by atoms with E-state index in [0.29, 0.717) is 23.5 Å². The SMILES string of the molecule is COP(=O)(CO[C@H](C)Cn1cnc2c(N)ncnc21)OC(C)C. The first-order valence-corrected chi connectivity index (χ1v) is 8.93. The first-order valence-electron chi connectivity index (χ1n) is 7.20. The number of imidazole rings is 1. The smallest absolute Gasteiger partial charge is 0.356 e. The number of hydrogen-bond donors (Lipinski definition) is 1. The van der Waals surface area contributed by atoms with Crippen LogP contribution in [0.4, 0.5) is 5.82 Å². The number of hydrogen-bond acceptors (Lipinski definition) is 8. The highest BCUT2D eigenvalue weighted by molar-refractivity contribution is 7.53. The molecule has 2 atom stereocenters. The summed E-state index contributed by atoms with van der Waals surface area (Å²) in [5.41, 5.74) is 6.93. The van der Waals surface area contributed by atoms with Crippen LogP contribution in [-0.4, -0.2) is 45.2 Å². The molecule has 2 rings (SSSR count). The first-order chi connectivity index (χ1) is 10.8. The Bertz CT molecular complexity index is 705. The summed E-state index contributed by atoms with van der Waals surface area (Å²) < 4.78 is 30.0. The number of nitrogens with two attached hydrogens (primary N) is 1. The second-order valence-electron chi connectivity index (χ2n) is 5.38. The van der Waals surface area contributed by atoms with Gasteiger partial charge in [0, 0.05) is 7.11 Å². The van der Waals surface area contributed by atoms with Crippen molar-refractivity contribution in [1.82, 2.24) is 19.5 Å². The fourth-order valence-corrected chi connectivity index (χ4v) is 3.36. The summed E-state index contributed by atoms with van der Waals surface area (Å²) in [6, 6.07) is 0. The molecule has 9 nitrogen and oxygen atoms in total. The van der Waals surface area contributed by atoms with Crippen LogP contribution in [-0.2, 0) is 24.9 Å². The zero-order chi connectivity index (χ0) is 17.0. The number of ether oxygens (including phenoxy) is 1. The van der Waals surface area contributed by atoms with Crippen molar-refractivity contribution in [3.05, 3.63) is 12.7 Å². The Kier molecular flexibility index (Phi) is 5.69. The molecule has 2 heterocycles. The maximum absolute atomic E-state index is 12.3. The van der Waals surface area contributed by atoms with Crippen LogP contribution in [0.3, 0.4) is 0 Å². The molecule has 2 N–H and O–H groups in total. The van der Waals surface area contributed by atoms with Crippen molar-refractivity contribution < 1.29 is 18.3 Å². The predicted molar refractivity (Wildman–Crippen MR) is 86.0 cm³/mol. The zero-order valence-electron chi connectivity index (χ0n) is 13.7. The van der Waals surface area contributed by atoms with Crippen molar-refractivity contribution in [2.24, 2.45) is 0 Å². The van der Waals surface area contributed by atoms with Crippen molar-refractivity contribution in [2.45, 2.75) is 39.5 Å². The van der Waals surface area contributed by atoms with Gasteiger partial charge in [0.15, 0.2) is 11.5 Å². The van der Waals surface area contributed by atoms with Gasteiger partial charge < -0.3 is 24.1 Å². The Balaban J connectivity index is 2.00. The molecule has 0 saturated carbocycles. The van der Waals surface area contributed by atoms with Crippen LogP contribution < -0.4 is 5.73 Å². The highest BCUT2D eigenvalue weighted by Crippen LogP contribution is 2.48. The number of nitrogen functional groups attached to an aromatic ring is 1. The van der Waals surface area contributed by atoms with Crippen molar-refractivity contribution in [1.29, 1.82) is 0 Å². The fraction of sp³-hybridized carbons (Fsp3) is 0.615. The van der Waals surface area contributed by atoms with E-state index >= 15 is 0 Å². The van der Waals surface area contributed by atoms with Crippen molar-refractivity contribution in [2.75, 3.05) is 19.2 Å². The molecule has 0 spiro atoms. The molecule has 128 valence electrons. The van der Waals surface area contributed by atoms with Gasteiger partial charge >= 0.3 is 7.60 Å². The van der Waals surface area contributed by atoms with Crippen LogP contribution in [0.1, 0.15) is 20.8 Å². The molecule has 0 amide bonds. The van der Waals surface area contributed by atoms with E-state index in [2.05, 4.69) is 15.0 Å². The lowest BCUT2D eigenvalue weighted by Gasteiger charge is -2.21. The van der Waals surface area contributed by atoms with E-state index in [1.807, 2.05) is 6.92 Å². The molecule has 0 aromatic carbocycles. The Hall–Kier alpha value is -1.54. The van der Waals surface area contributed by atoms with Crippen LogP contribution in [0, 0.1) is 0 Å². The molecule has 23 heavy (non-hydrogen) atoms. The monoisotopic (exact) mass is 343 g/mol. The molecular formula is C13H22N5O4P. The van der Waals surface area contributed by atoms with Crippen LogP contribution >= 0.6 is 7.60 Å². The summed E-state index contributed by atoms with van der Waals surface area (Å²) in [6.45, 7) is 5.90. The van der Waals surface area contributed by atoms with E-state index in [1.54, 1.807) is 24.7 Å². The molecule has 0 aliphatic heterocycles. The van der Waals surface area contributed by atoms with E-state index < -0.39 is 7.60 Å². The molecule has 2 aromatic heterocycles. The number of fused-ring (bicyclic) bond motifs is 1. The molecule has 2 aromatic rings. The second kappa shape index (κ2) is 7.35. The third-order valence-electron chi connectivity index (χ3n) is 3.05. The molecule has 1 unspecified atom stereocenters. The van der Waals surface area contributed by atoms with Gasteiger partial charge in [-0.15, -0.1) is 0 Å². The average molecular weight is 343 g/mol. The van der Waals surface area contributed by atoms with E-state index in [0.717, 1.165) is 0 Å². The molecule has 0 fully saturated rings. The average Bonchev–Trinajstić information content (AvgIpc) is 2.89. The van der Waals surface area contributed by atoms with Crippen molar-refractivity contribution in [3.8, 4) is 0 Å². The van der Waals surface area contributed by atoms with Gasteiger partial charge in [-0.2, -0.15) is 0 Å². The van der Waals surface area contributed by atoms with Gasteiger partial charge in [0.05, 0.1) is 25.1 Å². The third kappa shape index (κ3) is 4.48. The van der Waals surface area contributed by atoms with Gasteiger partial charge in [0.2, 0.25) is 0 Å². The molecule has 10 heteroatoms. The van der Waals surface area contributed by atoms with Crippen LogP contribution in [0.5, 0.6) is 0 Å². The molecule has 0 saturated heterocycles.